The highest BCUT2D eigenvalue weighted by atomic mass is 32.2. The molecule has 0 saturated carbocycles. The predicted molar refractivity (Wildman–Crippen MR) is 63.7 cm³/mol. The lowest BCUT2D eigenvalue weighted by atomic mass is 10.2. The van der Waals surface area contributed by atoms with E-state index in [1.54, 1.807) is 6.20 Å². The first kappa shape index (κ1) is 12.3. The summed E-state index contributed by atoms with van der Waals surface area (Å²) in [5.41, 5.74) is 7.41. The Kier molecular flexibility index (Phi) is 3.99. The fourth-order valence-corrected chi connectivity index (χ4v) is 2.12. The van der Waals surface area contributed by atoms with E-state index in [1.165, 1.54) is 0 Å². The first-order chi connectivity index (χ1) is 6.95. The minimum absolute atomic E-state index is 0.193. The van der Waals surface area contributed by atoms with Crippen LogP contribution in [0.5, 0.6) is 0 Å². The number of hydrogen-bond donors (Lipinski definition) is 1. The van der Waals surface area contributed by atoms with Gasteiger partial charge in [-0.1, -0.05) is 6.07 Å². The summed E-state index contributed by atoms with van der Waals surface area (Å²) in [6, 6.07) is 3.80. The summed E-state index contributed by atoms with van der Waals surface area (Å²) in [5, 5.41) is 0. The van der Waals surface area contributed by atoms with Crippen LogP contribution in [-0.2, 0) is 23.1 Å². The van der Waals surface area contributed by atoms with Crippen molar-refractivity contribution in [1.82, 2.24) is 4.98 Å². The molecule has 0 aromatic carbocycles. The third kappa shape index (κ3) is 3.39. The van der Waals surface area contributed by atoms with Crippen molar-refractivity contribution in [2.75, 3.05) is 0 Å². The van der Waals surface area contributed by atoms with Crippen LogP contribution in [0.15, 0.2) is 18.3 Å². The van der Waals surface area contributed by atoms with Crippen LogP contribution in [-0.4, -0.2) is 13.9 Å². The maximum absolute atomic E-state index is 11.9. The zero-order valence-electron chi connectivity index (χ0n) is 9.49. The highest BCUT2D eigenvalue weighted by molar-refractivity contribution is 7.85. The third-order valence-electron chi connectivity index (χ3n) is 2.15. The molecule has 0 spiro atoms. The number of nitrogens with two attached hydrogens (primary N) is 1. The lowest BCUT2D eigenvalue weighted by molar-refractivity contribution is 0.648. The Morgan fingerprint density at radius 3 is 2.67 bits per heavy atom. The molecule has 4 heteroatoms. The molecule has 3 nitrogen and oxygen atoms in total. The van der Waals surface area contributed by atoms with Gasteiger partial charge >= 0.3 is 0 Å². The minimum atomic E-state index is -0.896. The standard InChI is InChI=1S/C11H18N2OS/c1-11(2,3)15(14)8-9-5-4-6-13-10(9)7-12/h4-6H,7-8,12H2,1-3H3. The van der Waals surface area contributed by atoms with E-state index >= 15 is 0 Å². The fraction of sp³-hybridized carbons (Fsp3) is 0.545. The smallest absolute Gasteiger partial charge is 0.0580 e. The molecular formula is C11H18N2OS. The van der Waals surface area contributed by atoms with Crippen LogP contribution >= 0.6 is 0 Å². The zero-order chi connectivity index (χ0) is 11.5. The molecule has 1 unspecified atom stereocenters. The van der Waals surface area contributed by atoms with Crippen LogP contribution in [0, 0.1) is 0 Å². The summed E-state index contributed by atoms with van der Waals surface area (Å²) in [4.78, 5) is 4.17. The second kappa shape index (κ2) is 4.86. The lowest BCUT2D eigenvalue weighted by Gasteiger charge is -2.18. The first-order valence-corrected chi connectivity index (χ1v) is 6.28. The summed E-state index contributed by atoms with van der Waals surface area (Å²) < 4.78 is 11.8. The fourth-order valence-electron chi connectivity index (χ4n) is 1.14. The van der Waals surface area contributed by atoms with Crippen molar-refractivity contribution in [2.45, 2.75) is 37.8 Å². The third-order valence-corrected chi connectivity index (χ3v) is 4.09. The van der Waals surface area contributed by atoms with E-state index in [-0.39, 0.29) is 4.75 Å². The highest BCUT2D eigenvalue weighted by Gasteiger charge is 2.20. The molecule has 1 aromatic rings. The maximum Gasteiger partial charge on any atom is 0.0580 e. The SMILES string of the molecule is CC(C)(C)S(=O)Cc1cccnc1CN. The van der Waals surface area contributed by atoms with Crippen LogP contribution in [0.25, 0.3) is 0 Å². The van der Waals surface area contributed by atoms with Gasteiger partial charge in [-0.25, -0.2) is 0 Å². The highest BCUT2D eigenvalue weighted by Crippen LogP contribution is 2.17. The lowest BCUT2D eigenvalue weighted by Crippen LogP contribution is -2.23. The molecule has 2 N–H and O–H groups in total. The van der Waals surface area contributed by atoms with Crippen LogP contribution in [0.3, 0.4) is 0 Å². The summed E-state index contributed by atoms with van der Waals surface area (Å²) in [6.07, 6.45) is 1.71. The topological polar surface area (TPSA) is 56.0 Å². The van der Waals surface area contributed by atoms with Crippen LogP contribution < -0.4 is 5.73 Å². The molecule has 1 atom stereocenters. The van der Waals surface area contributed by atoms with Crippen molar-refractivity contribution >= 4 is 10.8 Å². The van der Waals surface area contributed by atoms with Crippen molar-refractivity contribution in [1.29, 1.82) is 0 Å². The molecule has 1 rings (SSSR count). The van der Waals surface area contributed by atoms with E-state index in [0.717, 1.165) is 11.3 Å². The van der Waals surface area contributed by atoms with Gasteiger partial charge in [0.2, 0.25) is 0 Å². The van der Waals surface area contributed by atoms with Crippen molar-refractivity contribution in [3.05, 3.63) is 29.6 Å². The Bertz CT molecular complexity index is 358. The molecular weight excluding hydrogens is 208 g/mol. The van der Waals surface area contributed by atoms with E-state index in [9.17, 15) is 4.21 Å². The number of nitrogens with zero attached hydrogens (tertiary/aromatic N) is 1. The summed E-state index contributed by atoms with van der Waals surface area (Å²) in [7, 11) is -0.896. The molecule has 1 heterocycles. The van der Waals surface area contributed by atoms with Gasteiger partial charge < -0.3 is 5.73 Å². The molecule has 0 aliphatic rings. The molecule has 1 aromatic heterocycles. The monoisotopic (exact) mass is 226 g/mol. The van der Waals surface area contributed by atoms with Gasteiger partial charge in [-0.15, -0.1) is 0 Å². The van der Waals surface area contributed by atoms with Crippen LogP contribution in [0.2, 0.25) is 0 Å². The van der Waals surface area contributed by atoms with E-state index in [0.29, 0.717) is 12.3 Å². The van der Waals surface area contributed by atoms with Crippen molar-refractivity contribution < 1.29 is 4.21 Å². The van der Waals surface area contributed by atoms with E-state index < -0.39 is 10.8 Å². The molecule has 0 amide bonds. The average Bonchev–Trinajstić information content (AvgIpc) is 2.17. The van der Waals surface area contributed by atoms with Gasteiger partial charge in [0.25, 0.3) is 0 Å². The average molecular weight is 226 g/mol. The van der Waals surface area contributed by atoms with Crippen LogP contribution in [0.4, 0.5) is 0 Å². The molecule has 0 fully saturated rings. The molecule has 0 bridgehead atoms. The number of pyridine rings is 1. The van der Waals surface area contributed by atoms with Crippen LogP contribution in [0.1, 0.15) is 32.0 Å². The molecule has 0 aliphatic heterocycles. The molecule has 0 saturated heterocycles. The van der Waals surface area contributed by atoms with Gasteiger partial charge in [0.1, 0.15) is 0 Å². The number of rotatable bonds is 3. The molecule has 15 heavy (non-hydrogen) atoms. The number of aromatic nitrogens is 1. The predicted octanol–water partition coefficient (Wildman–Crippen LogP) is 1.59. The van der Waals surface area contributed by atoms with E-state index in [4.69, 9.17) is 5.73 Å². The molecule has 0 aliphatic carbocycles. The van der Waals surface area contributed by atoms with Crippen molar-refractivity contribution in [2.24, 2.45) is 5.73 Å². The Balaban J connectivity index is 2.85. The van der Waals surface area contributed by atoms with Gasteiger partial charge in [-0.2, -0.15) is 0 Å². The Morgan fingerprint density at radius 2 is 2.13 bits per heavy atom. The van der Waals surface area contributed by atoms with Crippen molar-refractivity contribution in [3.8, 4) is 0 Å². The van der Waals surface area contributed by atoms with Gasteiger partial charge in [0, 0.05) is 28.3 Å². The maximum atomic E-state index is 11.9. The van der Waals surface area contributed by atoms with Crippen molar-refractivity contribution in [3.63, 3.8) is 0 Å². The Hall–Kier alpha value is -0.740. The van der Waals surface area contributed by atoms with E-state index in [1.807, 2.05) is 32.9 Å². The largest absolute Gasteiger partial charge is 0.325 e. The summed E-state index contributed by atoms with van der Waals surface area (Å²) in [6.45, 7) is 6.32. The second-order valence-electron chi connectivity index (χ2n) is 4.42. The second-order valence-corrected chi connectivity index (χ2v) is 6.62. The van der Waals surface area contributed by atoms with Gasteiger partial charge in [-0.3, -0.25) is 9.19 Å². The summed E-state index contributed by atoms with van der Waals surface area (Å²) >= 11 is 0. The van der Waals surface area contributed by atoms with E-state index in [2.05, 4.69) is 4.98 Å². The Labute approximate surface area is 93.6 Å². The van der Waals surface area contributed by atoms with Gasteiger partial charge in [-0.05, 0) is 32.4 Å². The first-order valence-electron chi connectivity index (χ1n) is 4.96. The zero-order valence-corrected chi connectivity index (χ0v) is 10.3. The quantitative estimate of drug-likeness (QED) is 0.851. The van der Waals surface area contributed by atoms with Gasteiger partial charge in [0.05, 0.1) is 11.4 Å². The molecule has 0 radical (unpaired) electrons. The molecule has 84 valence electrons. The van der Waals surface area contributed by atoms with Gasteiger partial charge in [0.15, 0.2) is 0 Å². The Morgan fingerprint density at radius 1 is 1.47 bits per heavy atom. The number of hydrogen-bond acceptors (Lipinski definition) is 3. The normalized spacial score (nSPS) is 13.9. The minimum Gasteiger partial charge on any atom is -0.325 e. The summed E-state index contributed by atoms with van der Waals surface area (Å²) in [5.74, 6) is 0.532.